The number of hydrogen-bond donors (Lipinski definition) is 1. The molecule has 1 amide bonds. The maximum absolute atomic E-state index is 12.3. The summed E-state index contributed by atoms with van der Waals surface area (Å²) >= 11 is 0. The van der Waals surface area contributed by atoms with Gasteiger partial charge >= 0.3 is 0 Å². The van der Waals surface area contributed by atoms with E-state index in [9.17, 15) is 4.79 Å². The molecule has 0 saturated heterocycles. The molecule has 0 aliphatic rings. The molecule has 3 aromatic rings. The Labute approximate surface area is 120 Å². The van der Waals surface area contributed by atoms with Crippen LogP contribution in [0.1, 0.15) is 35.9 Å². The number of carbonyl (C=O) groups is 1. The molecule has 0 bridgehead atoms. The molecular formula is C13H15N7O. The zero-order chi connectivity index (χ0) is 15.0. The van der Waals surface area contributed by atoms with E-state index < -0.39 is 0 Å². The number of nitrogens with one attached hydrogen (secondary N) is 1. The quantitative estimate of drug-likeness (QED) is 0.781. The van der Waals surface area contributed by atoms with Crippen molar-refractivity contribution in [2.45, 2.75) is 19.8 Å². The van der Waals surface area contributed by atoms with Gasteiger partial charge in [0.25, 0.3) is 11.7 Å². The standard InChI is InChI=1S/C13H15N7O/c1-8(2)10-6-9(17-13-15-7-16-20(10)13)11(21)18-12-14-4-5-19(12)3/h4-8H,1-3H3,(H,14,18,21). The number of carbonyl (C=O) groups excluding carboxylic acids is 1. The highest BCUT2D eigenvalue weighted by molar-refractivity contribution is 6.02. The van der Waals surface area contributed by atoms with Gasteiger partial charge in [0.15, 0.2) is 0 Å². The van der Waals surface area contributed by atoms with Crippen LogP contribution in [0.5, 0.6) is 0 Å². The van der Waals surface area contributed by atoms with Crippen LogP contribution in [0.2, 0.25) is 0 Å². The molecule has 3 heterocycles. The average molecular weight is 285 g/mol. The predicted molar refractivity (Wildman–Crippen MR) is 76.0 cm³/mol. The first-order chi connectivity index (χ1) is 10.1. The third-order valence-corrected chi connectivity index (χ3v) is 3.15. The summed E-state index contributed by atoms with van der Waals surface area (Å²) in [5, 5.41) is 6.85. The van der Waals surface area contributed by atoms with Gasteiger partial charge in [0.2, 0.25) is 5.95 Å². The highest BCUT2D eigenvalue weighted by Crippen LogP contribution is 2.16. The second-order valence-electron chi connectivity index (χ2n) is 5.01. The number of imidazole rings is 1. The van der Waals surface area contributed by atoms with Crippen LogP contribution in [-0.4, -0.2) is 35.0 Å². The molecule has 0 unspecified atom stereocenters. The van der Waals surface area contributed by atoms with Gasteiger partial charge in [-0.1, -0.05) is 13.8 Å². The average Bonchev–Trinajstić information content (AvgIpc) is 3.06. The number of aryl methyl sites for hydroxylation is 1. The molecule has 8 nitrogen and oxygen atoms in total. The molecule has 0 atom stereocenters. The van der Waals surface area contributed by atoms with Gasteiger partial charge in [-0.3, -0.25) is 10.1 Å². The van der Waals surface area contributed by atoms with Crippen LogP contribution >= 0.6 is 0 Å². The van der Waals surface area contributed by atoms with Crippen molar-refractivity contribution >= 4 is 17.6 Å². The Morgan fingerprint density at radius 3 is 2.81 bits per heavy atom. The van der Waals surface area contributed by atoms with Gasteiger partial charge < -0.3 is 4.57 Å². The third-order valence-electron chi connectivity index (χ3n) is 3.15. The molecule has 21 heavy (non-hydrogen) atoms. The summed E-state index contributed by atoms with van der Waals surface area (Å²) in [7, 11) is 1.80. The van der Waals surface area contributed by atoms with Gasteiger partial charge in [0.05, 0.1) is 5.69 Å². The van der Waals surface area contributed by atoms with E-state index in [4.69, 9.17) is 0 Å². The number of rotatable bonds is 3. The lowest BCUT2D eigenvalue weighted by Crippen LogP contribution is -2.18. The van der Waals surface area contributed by atoms with Crippen molar-refractivity contribution in [1.29, 1.82) is 0 Å². The van der Waals surface area contributed by atoms with Crippen LogP contribution in [0.3, 0.4) is 0 Å². The number of anilines is 1. The van der Waals surface area contributed by atoms with Gasteiger partial charge in [-0.05, 0) is 12.0 Å². The summed E-state index contributed by atoms with van der Waals surface area (Å²) in [6.07, 6.45) is 4.79. The minimum atomic E-state index is -0.322. The number of amides is 1. The molecule has 0 radical (unpaired) electrons. The van der Waals surface area contributed by atoms with Crippen LogP contribution < -0.4 is 5.32 Å². The second kappa shape index (κ2) is 4.97. The Hall–Kier alpha value is -2.77. The van der Waals surface area contributed by atoms with Crippen LogP contribution in [0.15, 0.2) is 24.8 Å². The summed E-state index contributed by atoms with van der Waals surface area (Å²) in [6.45, 7) is 4.05. The fourth-order valence-corrected chi connectivity index (χ4v) is 2.01. The van der Waals surface area contributed by atoms with E-state index in [2.05, 4.69) is 25.4 Å². The fourth-order valence-electron chi connectivity index (χ4n) is 2.01. The summed E-state index contributed by atoms with van der Waals surface area (Å²) in [5.74, 6) is 0.744. The van der Waals surface area contributed by atoms with Crippen LogP contribution in [-0.2, 0) is 7.05 Å². The van der Waals surface area contributed by atoms with Gasteiger partial charge in [-0.25, -0.2) is 14.5 Å². The predicted octanol–water partition coefficient (Wildman–Crippen LogP) is 1.23. The Balaban J connectivity index is 2.00. The molecule has 0 aliphatic carbocycles. The smallest absolute Gasteiger partial charge is 0.276 e. The van der Waals surface area contributed by atoms with Crippen molar-refractivity contribution in [2.75, 3.05) is 5.32 Å². The number of hydrogen-bond acceptors (Lipinski definition) is 5. The zero-order valence-corrected chi connectivity index (χ0v) is 12.0. The molecule has 0 saturated carbocycles. The minimum Gasteiger partial charge on any atom is -0.320 e. The normalized spacial score (nSPS) is 11.2. The third kappa shape index (κ3) is 2.35. The topological polar surface area (TPSA) is 90.0 Å². The van der Waals surface area contributed by atoms with E-state index in [1.165, 1.54) is 6.33 Å². The van der Waals surface area contributed by atoms with Gasteiger partial charge in [-0.15, -0.1) is 0 Å². The number of nitrogens with zero attached hydrogens (tertiary/aromatic N) is 6. The van der Waals surface area contributed by atoms with E-state index in [0.29, 0.717) is 17.4 Å². The summed E-state index contributed by atoms with van der Waals surface area (Å²) in [4.78, 5) is 24.7. The lowest BCUT2D eigenvalue weighted by atomic mass is 10.1. The van der Waals surface area contributed by atoms with Crippen molar-refractivity contribution in [3.8, 4) is 0 Å². The SMILES string of the molecule is CC(C)c1cc(C(=O)Nc2nccn2C)nc2ncnn12. The first-order valence-electron chi connectivity index (χ1n) is 6.55. The Morgan fingerprint density at radius 1 is 1.33 bits per heavy atom. The minimum absolute atomic E-state index is 0.192. The molecule has 0 fully saturated rings. The summed E-state index contributed by atoms with van der Waals surface area (Å²) in [5.41, 5.74) is 1.17. The van der Waals surface area contributed by atoms with Crippen molar-refractivity contribution in [1.82, 2.24) is 29.1 Å². The van der Waals surface area contributed by atoms with E-state index in [1.54, 1.807) is 34.6 Å². The first kappa shape index (κ1) is 13.2. The van der Waals surface area contributed by atoms with Crippen LogP contribution in [0, 0.1) is 0 Å². The fraction of sp³-hybridized carbons (Fsp3) is 0.308. The number of aromatic nitrogens is 6. The van der Waals surface area contributed by atoms with Crippen molar-refractivity contribution in [3.63, 3.8) is 0 Å². The Morgan fingerprint density at radius 2 is 2.14 bits per heavy atom. The summed E-state index contributed by atoms with van der Waals surface area (Å²) in [6, 6.07) is 1.73. The van der Waals surface area contributed by atoms with E-state index in [-0.39, 0.29) is 11.8 Å². The molecule has 0 spiro atoms. The van der Waals surface area contributed by atoms with E-state index in [1.807, 2.05) is 13.8 Å². The van der Waals surface area contributed by atoms with Gasteiger partial charge in [0.1, 0.15) is 12.0 Å². The molecule has 3 aromatic heterocycles. The first-order valence-corrected chi connectivity index (χ1v) is 6.55. The van der Waals surface area contributed by atoms with Gasteiger partial charge in [0, 0.05) is 19.4 Å². The van der Waals surface area contributed by atoms with Crippen LogP contribution in [0.25, 0.3) is 5.78 Å². The zero-order valence-electron chi connectivity index (χ0n) is 12.0. The molecule has 1 N–H and O–H groups in total. The lowest BCUT2D eigenvalue weighted by Gasteiger charge is -2.10. The highest BCUT2D eigenvalue weighted by atomic mass is 16.2. The maximum atomic E-state index is 12.3. The number of fused-ring (bicyclic) bond motifs is 1. The summed E-state index contributed by atoms with van der Waals surface area (Å²) < 4.78 is 3.36. The van der Waals surface area contributed by atoms with E-state index >= 15 is 0 Å². The van der Waals surface area contributed by atoms with Crippen molar-refractivity contribution in [3.05, 3.63) is 36.2 Å². The van der Waals surface area contributed by atoms with E-state index in [0.717, 1.165) is 5.69 Å². The molecule has 108 valence electrons. The highest BCUT2D eigenvalue weighted by Gasteiger charge is 2.16. The molecule has 8 heteroatoms. The second-order valence-corrected chi connectivity index (χ2v) is 5.01. The largest absolute Gasteiger partial charge is 0.320 e. The maximum Gasteiger partial charge on any atom is 0.276 e. The lowest BCUT2D eigenvalue weighted by molar-refractivity contribution is 0.102. The Kier molecular flexibility index (Phi) is 3.13. The molecule has 3 rings (SSSR count). The van der Waals surface area contributed by atoms with Gasteiger partial charge in [-0.2, -0.15) is 10.1 Å². The van der Waals surface area contributed by atoms with Crippen molar-refractivity contribution < 1.29 is 4.79 Å². The van der Waals surface area contributed by atoms with Crippen molar-refractivity contribution in [2.24, 2.45) is 7.05 Å². The Bertz CT molecular complexity index is 802. The molecule has 0 aliphatic heterocycles. The molecular weight excluding hydrogens is 270 g/mol. The van der Waals surface area contributed by atoms with Crippen LogP contribution in [0.4, 0.5) is 5.95 Å². The monoisotopic (exact) mass is 285 g/mol. The molecule has 0 aromatic carbocycles.